The molecule has 28 heavy (non-hydrogen) atoms. The second kappa shape index (κ2) is 7.42. The molecule has 0 bridgehead atoms. The Hall–Kier alpha value is -3.22. The predicted molar refractivity (Wildman–Crippen MR) is 105 cm³/mol. The molecule has 1 N–H and O–H groups in total. The van der Waals surface area contributed by atoms with Crippen LogP contribution in [0.1, 0.15) is 41.6 Å². The second-order valence-corrected chi connectivity index (χ2v) is 7.08. The lowest BCUT2D eigenvalue weighted by Gasteiger charge is -2.34. The standard InChI is InChI=1S/C21H23N5O2/c1-22-18(27)11-12-19(28)26-13-14-7-3-4-8-15(14)21-20(23-24-25(21)2)16-9-5-6-10-17(16)26/h3-10,20-21H,11-13H2,1-2H3,(H,22,27). The Labute approximate surface area is 164 Å². The molecule has 0 aliphatic carbocycles. The summed E-state index contributed by atoms with van der Waals surface area (Å²) in [6.07, 6.45) is 0.329. The van der Waals surface area contributed by atoms with Crippen molar-refractivity contribution in [1.82, 2.24) is 10.3 Å². The zero-order valence-corrected chi connectivity index (χ0v) is 16.0. The Kier molecular flexibility index (Phi) is 4.81. The van der Waals surface area contributed by atoms with E-state index in [1.165, 1.54) is 0 Å². The van der Waals surface area contributed by atoms with Gasteiger partial charge in [0.1, 0.15) is 12.1 Å². The first kappa shape index (κ1) is 18.2. The third-order valence-electron chi connectivity index (χ3n) is 5.41. The van der Waals surface area contributed by atoms with Gasteiger partial charge < -0.3 is 10.2 Å². The molecule has 0 radical (unpaired) electrons. The van der Waals surface area contributed by atoms with E-state index in [2.05, 4.69) is 21.7 Å². The van der Waals surface area contributed by atoms with Gasteiger partial charge in [-0.15, -0.1) is 0 Å². The molecule has 2 aromatic carbocycles. The molecule has 0 saturated heterocycles. The van der Waals surface area contributed by atoms with Gasteiger partial charge in [-0.2, -0.15) is 5.11 Å². The van der Waals surface area contributed by atoms with Gasteiger partial charge in [0.15, 0.2) is 0 Å². The summed E-state index contributed by atoms with van der Waals surface area (Å²) in [4.78, 5) is 26.5. The molecular formula is C21H23N5O2. The lowest BCUT2D eigenvalue weighted by molar-refractivity contribution is -0.125. The van der Waals surface area contributed by atoms with Crippen molar-refractivity contribution >= 4 is 17.5 Å². The molecule has 0 saturated carbocycles. The number of carbonyl (C=O) groups is 2. The van der Waals surface area contributed by atoms with Crippen molar-refractivity contribution in [2.75, 3.05) is 19.0 Å². The third kappa shape index (κ3) is 3.13. The molecule has 2 heterocycles. The van der Waals surface area contributed by atoms with Crippen LogP contribution >= 0.6 is 0 Å². The van der Waals surface area contributed by atoms with Crippen molar-refractivity contribution in [2.24, 2.45) is 10.3 Å². The number of para-hydroxylation sites is 1. The molecular weight excluding hydrogens is 354 g/mol. The molecule has 0 aromatic heterocycles. The Morgan fingerprint density at radius 2 is 1.79 bits per heavy atom. The van der Waals surface area contributed by atoms with Crippen LogP contribution in [-0.2, 0) is 16.1 Å². The highest BCUT2D eigenvalue weighted by atomic mass is 16.2. The Bertz CT molecular complexity index is 942. The van der Waals surface area contributed by atoms with Crippen LogP contribution in [0.15, 0.2) is 58.9 Å². The first-order chi connectivity index (χ1) is 13.6. The summed E-state index contributed by atoms with van der Waals surface area (Å²) in [7, 11) is 3.51. The number of anilines is 1. The zero-order chi connectivity index (χ0) is 19.7. The summed E-state index contributed by atoms with van der Waals surface area (Å²) in [5.74, 6) is -0.215. The van der Waals surface area contributed by atoms with E-state index in [-0.39, 0.29) is 36.7 Å². The van der Waals surface area contributed by atoms with E-state index in [0.717, 1.165) is 22.4 Å². The Morgan fingerprint density at radius 1 is 1.07 bits per heavy atom. The van der Waals surface area contributed by atoms with Crippen molar-refractivity contribution in [2.45, 2.75) is 31.5 Å². The third-order valence-corrected chi connectivity index (χ3v) is 5.41. The molecule has 2 aliphatic heterocycles. The fourth-order valence-electron chi connectivity index (χ4n) is 3.97. The summed E-state index contributed by atoms with van der Waals surface area (Å²) < 4.78 is 0. The van der Waals surface area contributed by atoms with E-state index in [1.807, 2.05) is 54.5 Å². The SMILES string of the molecule is CNC(=O)CCC(=O)N1Cc2ccccc2C2C(N=NN2C)c2ccccc21. The molecule has 7 heteroatoms. The molecule has 2 aliphatic rings. The van der Waals surface area contributed by atoms with Crippen molar-refractivity contribution in [1.29, 1.82) is 0 Å². The molecule has 0 spiro atoms. The van der Waals surface area contributed by atoms with Crippen molar-refractivity contribution in [3.8, 4) is 0 Å². The minimum Gasteiger partial charge on any atom is -0.359 e. The number of fused-ring (bicyclic) bond motifs is 5. The lowest BCUT2D eigenvalue weighted by atomic mass is 9.87. The minimum atomic E-state index is -0.183. The number of likely N-dealkylation sites (N-methyl/N-ethyl adjacent to an activating group) is 1. The maximum absolute atomic E-state index is 13.1. The number of carbonyl (C=O) groups excluding carboxylic acids is 2. The number of benzene rings is 2. The summed E-state index contributed by atoms with van der Waals surface area (Å²) in [6.45, 7) is 0.455. The predicted octanol–water partition coefficient (Wildman–Crippen LogP) is 3.15. The maximum Gasteiger partial charge on any atom is 0.227 e. The lowest BCUT2D eigenvalue weighted by Crippen LogP contribution is -2.35. The molecule has 2 unspecified atom stereocenters. The highest BCUT2D eigenvalue weighted by Gasteiger charge is 2.39. The average molecular weight is 377 g/mol. The van der Waals surface area contributed by atoms with Gasteiger partial charge in [-0.25, -0.2) is 0 Å². The van der Waals surface area contributed by atoms with Crippen molar-refractivity contribution in [3.05, 3.63) is 65.2 Å². The Balaban J connectivity index is 1.78. The van der Waals surface area contributed by atoms with E-state index < -0.39 is 0 Å². The molecule has 4 rings (SSSR count). The van der Waals surface area contributed by atoms with Crippen LogP contribution in [0.2, 0.25) is 0 Å². The van der Waals surface area contributed by atoms with E-state index in [1.54, 1.807) is 11.9 Å². The molecule has 0 fully saturated rings. The molecule has 2 amide bonds. The van der Waals surface area contributed by atoms with Gasteiger partial charge in [0.05, 0.1) is 6.54 Å². The molecule has 7 nitrogen and oxygen atoms in total. The van der Waals surface area contributed by atoms with Gasteiger partial charge in [-0.3, -0.25) is 14.6 Å². The zero-order valence-electron chi connectivity index (χ0n) is 16.0. The summed E-state index contributed by atoms with van der Waals surface area (Å²) in [6, 6.07) is 15.8. The topological polar surface area (TPSA) is 77.4 Å². The first-order valence-electron chi connectivity index (χ1n) is 9.41. The van der Waals surface area contributed by atoms with Crippen molar-refractivity contribution < 1.29 is 9.59 Å². The summed E-state index contributed by atoms with van der Waals surface area (Å²) in [5.41, 5.74) is 4.00. The maximum atomic E-state index is 13.1. The van der Waals surface area contributed by atoms with Crippen LogP contribution in [0.25, 0.3) is 0 Å². The summed E-state index contributed by atoms with van der Waals surface area (Å²) >= 11 is 0. The van der Waals surface area contributed by atoms with Gasteiger partial charge in [0, 0.05) is 38.2 Å². The fourth-order valence-corrected chi connectivity index (χ4v) is 3.97. The first-order valence-corrected chi connectivity index (χ1v) is 9.41. The van der Waals surface area contributed by atoms with E-state index in [0.29, 0.717) is 6.54 Å². The Morgan fingerprint density at radius 3 is 2.57 bits per heavy atom. The molecule has 2 atom stereocenters. The van der Waals surface area contributed by atoms with Crippen LogP contribution in [0.5, 0.6) is 0 Å². The summed E-state index contributed by atoms with van der Waals surface area (Å²) in [5, 5.41) is 13.3. The molecule has 144 valence electrons. The largest absolute Gasteiger partial charge is 0.359 e. The number of rotatable bonds is 3. The quantitative estimate of drug-likeness (QED) is 0.893. The van der Waals surface area contributed by atoms with Gasteiger partial charge in [0.25, 0.3) is 0 Å². The van der Waals surface area contributed by atoms with Gasteiger partial charge in [0.2, 0.25) is 11.8 Å². The van der Waals surface area contributed by atoms with Crippen molar-refractivity contribution in [3.63, 3.8) is 0 Å². The highest BCUT2D eigenvalue weighted by molar-refractivity contribution is 5.96. The van der Waals surface area contributed by atoms with E-state index in [4.69, 9.17) is 0 Å². The van der Waals surface area contributed by atoms with Crippen LogP contribution in [-0.4, -0.2) is 30.9 Å². The average Bonchev–Trinajstić information content (AvgIpc) is 3.09. The normalized spacial score (nSPS) is 19.9. The van der Waals surface area contributed by atoms with Crippen LogP contribution in [0.3, 0.4) is 0 Å². The number of nitrogens with zero attached hydrogens (tertiary/aromatic N) is 4. The highest BCUT2D eigenvalue weighted by Crippen LogP contribution is 2.47. The van der Waals surface area contributed by atoms with E-state index >= 15 is 0 Å². The van der Waals surface area contributed by atoms with Gasteiger partial charge in [-0.05, 0) is 17.2 Å². The van der Waals surface area contributed by atoms with Crippen LogP contribution in [0, 0.1) is 0 Å². The number of nitrogens with one attached hydrogen (secondary N) is 1. The second-order valence-electron chi connectivity index (χ2n) is 7.08. The van der Waals surface area contributed by atoms with Crippen LogP contribution in [0.4, 0.5) is 5.69 Å². The van der Waals surface area contributed by atoms with Gasteiger partial charge >= 0.3 is 0 Å². The monoisotopic (exact) mass is 377 g/mol. The fraction of sp³-hybridized carbons (Fsp3) is 0.333. The number of hydrogen-bond acceptors (Lipinski definition) is 5. The van der Waals surface area contributed by atoms with E-state index in [9.17, 15) is 9.59 Å². The number of amides is 2. The smallest absolute Gasteiger partial charge is 0.227 e. The molecule has 2 aromatic rings. The van der Waals surface area contributed by atoms with Crippen LogP contribution < -0.4 is 10.2 Å². The minimum absolute atomic E-state index is 0.000436. The number of hydrogen-bond donors (Lipinski definition) is 1. The van der Waals surface area contributed by atoms with Gasteiger partial charge in [-0.1, -0.05) is 47.7 Å².